The average Bonchev–Trinajstić information content (AvgIpc) is 2.98. The highest BCUT2D eigenvalue weighted by Crippen LogP contribution is 2.26. The van der Waals surface area contributed by atoms with Crippen LogP contribution in [0.25, 0.3) is 0 Å². The van der Waals surface area contributed by atoms with Gasteiger partial charge in [0.25, 0.3) is 0 Å². The molecule has 19 heavy (non-hydrogen) atoms. The molecule has 0 radical (unpaired) electrons. The number of nitrogen functional groups attached to an aromatic ring is 1. The maximum atomic E-state index is 5.43. The summed E-state index contributed by atoms with van der Waals surface area (Å²) in [6.45, 7) is 4.18. The minimum atomic E-state index is 0.269. The molecule has 2 heterocycles. The number of thiophene rings is 1. The lowest BCUT2D eigenvalue weighted by Gasteiger charge is -2.17. The lowest BCUT2D eigenvalue weighted by atomic mass is 10.2. The quantitative estimate of drug-likeness (QED) is 0.559. The van der Waals surface area contributed by atoms with Gasteiger partial charge in [-0.15, -0.1) is 11.3 Å². The largest absolute Gasteiger partial charge is 0.362 e. The third-order valence-electron chi connectivity index (χ3n) is 2.85. The number of hydrogen-bond acceptors (Lipinski definition) is 6. The molecule has 0 saturated heterocycles. The van der Waals surface area contributed by atoms with Gasteiger partial charge in [-0.1, -0.05) is 19.9 Å². The van der Waals surface area contributed by atoms with Crippen LogP contribution in [0.4, 0.5) is 11.6 Å². The van der Waals surface area contributed by atoms with Crippen LogP contribution in [-0.2, 0) is 6.42 Å². The third kappa shape index (κ3) is 3.42. The Bertz CT molecular complexity index is 490. The van der Waals surface area contributed by atoms with E-state index in [0.29, 0.717) is 5.82 Å². The first-order chi connectivity index (χ1) is 9.26. The van der Waals surface area contributed by atoms with Gasteiger partial charge in [0, 0.05) is 17.4 Å². The number of hydrazine groups is 1. The van der Waals surface area contributed by atoms with Crippen LogP contribution in [0.1, 0.15) is 37.0 Å². The van der Waals surface area contributed by atoms with Crippen molar-refractivity contribution in [1.29, 1.82) is 0 Å². The topological polar surface area (TPSA) is 75.9 Å². The fraction of sp³-hybridized carbons (Fsp3) is 0.385. The maximum Gasteiger partial charge on any atom is 0.145 e. The number of rotatable bonds is 6. The Balaban J connectivity index is 2.21. The smallest absolute Gasteiger partial charge is 0.145 e. The minimum Gasteiger partial charge on any atom is -0.362 e. The number of hydrogen-bond donors (Lipinski definition) is 3. The van der Waals surface area contributed by atoms with Gasteiger partial charge in [-0.3, -0.25) is 0 Å². The molecule has 0 aliphatic carbocycles. The molecule has 0 bridgehead atoms. The second-order valence-corrected chi connectivity index (χ2v) is 5.15. The van der Waals surface area contributed by atoms with E-state index in [-0.39, 0.29) is 6.04 Å². The summed E-state index contributed by atoms with van der Waals surface area (Å²) in [5.74, 6) is 7.65. The number of nitrogens with zero attached hydrogens (tertiary/aromatic N) is 2. The molecule has 0 spiro atoms. The number of aryl methyl sites for hydroxylation is 1. The summed E-state index contributed by atoms with van der Waals surface area (Å²) in [4.78, 5) is 10.1. The monoisotopic (exact) mass is 277 g/mol. The number of anilines is 2. The highest BCUT2D eigenvalue weighted by molar-refractivity contribution is 7.10. The normalized spacial score (nSPS) is 12.2. The second-order valence-electron chi connectivity index (χ2n) is 4.17. The zero-order valence-electron chi connectivity index (χ0n) is 11.2. The minimum absolute atomic E-state index is 0.269. The molecule has 1 unspecified atom stereocenters. The zero-order valence-corrected chi connectivity index (χ0v) is 12.0. The van der Waals surface area contributed by atoms with E-state index in [1.54, 1.807) is 11.3 Å². The molecule has 102 valence electrons. The number of aromatic nitrogens is 2. The van der Waals surface area contributed by atoms with Gasteiger partial charge in [0.15, 0.2) is 0 Å². The predicted molar refractivity (Wildman–Crippen MR) is 80.2 cm³/mol. The first-order valence-electron chi connectivity index (χ1n) is 6.41. The van der Waals surface area contributed by atoms with E-state index in [4.69, 9.17) is 5.84 Å². The van der Waals surface area contributed by atoms with E-state index < -0.39 is 0 Å². The van der Waals surface area contributed by atoms with Crippen molar-refractivity contribution in [3.8, 4) is 0 Å². The van der Waals surface area contributed by atoms with E-state index >= 15 is 0 Å². The lowest BCUT2D eigenvalue weighted by Crippen LogP contribution is -2.14. The van der Waals surface area contributed by atoms with Crippen LogP contribution < -0.4 is 16.6 Å². The Hall–Kier alpha value is -1.66. The predicted octanol–water partition coefficient (Wildman–Crippen LogP) is 2.95. The van der Waals surface area contributed by atoms with Gasteiger partial charge >= 0.3 is 0 Å². The van der Waals surface area contributed by atoms with Crippen LogP contribution in [0.2, 0.25) is 0 Å². The van der Waals surface area contributed by atoms with Crippen molar-refractivity contribution >= 4 is 23.0 Å². The first kappa shape index (κ1) is 13.8. The van der Waals surface area contributed by atoms with Gasteiger partial charge in [-0.25, -0.2) is 15.8 Å². The first-order valence-corrected chi connectivity index (χ1v) is 7.29. The SMILES string of the molecule is CCc1nc(NN)cc(NC(CC)c2cccs2)n1. The van der Waals surface area contributed by atoms with Crippen molar-refractivity contribution < 1.29 is 0 Å². The Morgan fingerprint density at radius 3 is 2.68 bits per heavy atom. The van der Waals surface area contributed by atoms with E-state index in [0.717, 1.165) is 24.5 Å². The van der Waals surface area contributed by atoms with Gasteiger partial charge in [0.05, 0.1) is 6.04 Å². The molecule has 5 nitrogen and oxygen atoms in total. The van der Waals surface area contributed by atoms with Crippen LogP contribution in [0.3, 0.4) is 0 Å². The highest BCUT2D eigenvalue weighted by Gasteiger charge is 2.12. The fourth-order valence-corrected chi connectivity index (χ4v) is 2.71. The van der Waals surface area contributed by atoms with Crippen molar-refractivity contribution in [3.05, 3.63) is 34.3 Å². The molecule has 6 heteroatoms. The molecule has 0 aliphatic rings. The Labute approximate surface area is 117 Å². The van der Waals surface area contributed by atoms with Gasteiger partial charge in [-0.05, 0) is 17.9 Å². The molecule has 2 aromatic heterocycles. The van der Waals surface area contributed by atoms with E-state index in [1.807, 2.05) is 13.0 Å². The molecule has 1 atom stereocenters. The standard InChI is InChI=1S/C13H19N5S/c1-3-9(10-6-5-7-19-10)15-12-8-13(18-14)17-11(4-2)16-12/h5-9H,3-4,14H2,1-2H3,(H2,15,16,17,18). The lowest BCUT2D eigenvalue weighted by molar-refractivity contribution is 0.755. The Morgan fingerprint density at radius 1 is 1.32 bits per heavy atom. The van der Waals surface area contributed by atoms with Crippen LogP contribution >= 0.6 is 11.3 Å². The molecule has 2 aromatic rings. The summed E-state index contributed by atoms with van der Waals surface area (Å²) < 4.78 is 0. The fourth-order valence-electron chi connectivity index (χ4n) is 1.85. The molecule has 0 aliphatic heterocycles. The third-order valence-corrected chi connectivity index (χ3v) is 3.84. The summed E-state index contributed by atoms with van der Waals surface area (Å²) in [5, 5.41) is 5.53. The van der Waals surface area contributed by atoms with Crippen molar-refractivity contribution in [2.75, 3.05) is 10.7 Å². The molecule has 4 N–H and O–H groups in total. The van der Waals surface area contributed by atoms with Crippen LogP contribution in [0, 0.1) is 0 Å². The average molecular weight is 277 g/mol. The molecule has 0 fully saturated rings. The molecule has 0 saturated carbocycles. The van der Waals surface area contributed by atoms with Gasteiger partial charge in [0.1, 0.15) is 17.5 Å². The number of nitrogens with two attached hydrogens (primary N) is 1. The molecule has 0 aromatic carbocycles. The van der Waals surface area contributed by atoms with Gasteiger partial charge < -0.3 is 10.7 Å². The molecular formula is C13H19N5S. The van der Waals surface area contributed by atoms with Crippen LogP contribution in [-0.4, -0.2) is 9.97 Å². The summed E-state index contributed by atoms with van der Waals surface area (Å²) in [6.07, 6.45) is 1.78. The summed E-state index contributed by atoms with van der Waals surface area (Å²) >= 11 is 1.75. The Kier molecular flexibility index (Phi) is 4.70. The summed E-state index contributed by atoms with van der Waals surface area (Å²) in [7, 11) is 0. The number of nitrogens with one attached hydrogen (secondary N) is 2. The van der Waals surface area contributed by atoms with E-state index in [1.165, 1.54) is 4.88 Å². The summed E-state index contributed by atoms with van der Waals surface area (Å²) in [5.41, 5.74) is 2.58. The second kappa shape index (κ2) is 6.49. The van der Waals surface area contributed by atoms with Crippen molar-refractivity contribution in [3.63, 3.8) is 0 Å². The van der Waals surface area contributed by atoms with Crippen LogP contribution in [0.5, 0.6) is 0 Å². The molecular weight excluding hydrogens is 258 g/mol. The van der Waals surface area contributed by atoms with Gasteiger partial charge in [-0.2, -0.15) is 0 Å². The molecule has 0 amide bonds. The van der Waals surface area contributed by atoms with E-state index in [9.17, 15) is 0 Å². The highest BCUT2D eigenvalue weighted by atomic mass is 32.1. The Morgan fingerprint density at radius 2 is 2.11 bits per heavy atom. The maximum absolute atomic E-state index is 5.43. The van der Waals surface area contributed by atoms with E-state index in [2.05, 4.69) is 45.1 Å². The van der Waals surface area contributed by atoms with Crippen molar-refractivity contribution in [2.45, 2.75) is 32.7 Å². The van der Waals surface area contributed by atoms with Crippen molar-refractivity contribution in [2.24, 2.45) is 5.84 Å². The molecule has 2 rings (SSSR count). The zero-order chi connectivity index (χ0) is 13.7. The van der Waals surface area contributed by atoms with Crippen molar-refractivity contribution in [1.82, 2.24) is 9.97 Å². The van der Waals surface area contributed by atoms with Gasteiger partial charge in [0.2, 0.25) is 0 Å². The summed E-state index contributed by atoms with van der Waals surface area (Å²) in [6, 6.07) is 6.30. The van der Waals surface area contributed by atoms with Crippen LogP contribution in [0.15, 0.2) is 23.6 Å².